The minimum atomic E-state index is -0.143. The monoisotopic (exact) mass is 437 g/mol. The molecule has 0 saturated carbocycles. The van der Waals surface area contributed by atoms with Gasteiger partial charge >= 0.3 is 0 Å². The van der Waals surface area contributed by atoms with Crippen molar-refractivity contribution in [2.75, 3.05) is 32.8 Å². The van der Waals surface area contributed by atoms with Crippen molar-refractivity contribution in [3.05, 3.63) is 53.1 Å². The van der Waals surface area contributed by atoms with Gasteiger partial charge in [0.15, 0.2) is 5.82 Å². The Kier molecular flexibility index (Phi) is 7.37. The molecule has 0 aliphatic carbocycles. The summed E-state index contributed by atoms with van der Waals surface area (Å²) in [7, 11) is 0. The zero-order valence-electron chi connectivity index (χ0n) is 19.5. The third-order valence-corrected chi connectivity index (χ3v) is 6.38. The molecule has 0 bridgehead atoms. The highest BCUT2D eigenvalue weighted by Crippen LogP contribution is 2.24. The summed E-state index contributed by atoms with van der Waals surface area (Å²) in [5.41, 5.74) is 2.59. The predicted octanol–water partition coefficient (Wildman–Crippen LogP) is 3.09. The summed E-state index contributed by atoms with van der Waals surface area (Å²) >= 11 is 0. The van der Waals surface area contributed by atoms with Crippen molar-refractivity contribution in [3.8, 4) is 0 Å². The summed E-state index contributed by atoms with van der Waals surface area (Å²) < 4.78 is 7.62. The van der Waals surface area contributed by atoms with Crippen molar-refractivity contribution in [2.45, 2.75) is 46.2 Å². The largest absolute Gasteiger partial charge is 0.381 e. The van der Waals surface area contributed by atoms with E-state index in [9.17, 15) is 4.79 Å². The van der Waals surface area contributed by atoms with E-state index < -0.39 is 0 Å². The summed E-state index contributed by atoms with van der Waals surface area (Å²) in [5.74, 6) is 2.12. The Balaban J connectivity index is 1.42. The fraction of sp³-hybridized carbons (Fsp3) is 0.560. The van der Waals surface area contributed by atoms with E-state index in [1.165, 1.54) is 11.1 Å². The summed E-state index contributed by atoms with van der Waals surface area (Å²) in [6.07, 6.45) is 3.91. The third-order valence-electron chi connectivity index (χ3n) is 6.38. The number of benzene rings is 1. The van der Waals surface area contributed by atoms with E-state index in [-0.39, 0.29) is 23.8 Å². The van der Waals surface area contributed by atoms with Crippen LogP contribution in [0.4, 0.5) is 0 Å². The molecule has 1 N–H and O–H groups in total. The quantitative estimate of drug-likeness (QED) is 0.721. The maximum absolute atomic E-state index is 12.8. The molecule has 3 heterocycles. The first-order valence-electron chi connectivity index (χ1n) is 11.8. The van der Waals surface area contributed by atoms with E-state index in [0.717, 1.165) is 50.7 Å². The molecule has 1 aromatic carbocycles. The number of hydrogen-bond donors (Lipinski definition) is 1. The van der Waals surface area contributed by atoms with Crippen LogP contribution in [0.15, 0.2) is 35.9 Å². The topological polar surface area (TPSA) is 72.3 Å². The Hall–Kier alpha value is -2.51. The number of nitrogens with one attached hydrogen (secondary N) is 1. The van der Waals surface area contributed by atoms with Crippen LogP contribution in [0, 0.1) is 11.8 Å². The molecule has 32 heavy (non-hydrogen) atoms. The van der Waals surface area contributed by atoms with Crippen molar-refractivity contribution >= 4 is 12.0 Å². The van der Waals surface area contributed by atoms with E-state index in [4.69, 9.17) is 4.74 Å². The van der Waals surface area contributed by atoms with Crippen LogP contribution < -0.4 is 5.32 Å². The van der Waals surface area contributed by atoms with E-state index in [1.54, 1.807) is 0 Å². The molecule has 4 rings (SSSR count). The van der Waals surface area contributed by atoms with Gasteiger partial charge in [0.25, 0.3) is 0 Å². The number of nitrogens with zero attached hydrogens (tertiary/aromatic N) is 4. The average Bonchev–Trinajstić information content (AvgIpc) is 3.41. The van der Waals surface area contributed by atoms with Crippen LogP contribution in [0.5, 0.6) is 0 Å². The summed E-state index contributed by atoms with van der Waals surface area (Å²) in [6.45, 7) is 11.3. The maximum atomic E-state index is 12.8. The van der Waals surface area contributed by atoms with Gasteiger partial charge < -0.3 is 14.6 Å². The van der Waals surface area contributed by atoms with Gasteiger partial charge in [-0.2, -0.15) is 0 Å². The molecular formula is C25H35N5O2. The van der Waals surface area contributed by atoms with Crippen LogP contribution in [-0.2, 0) is 22.5 Å². The standard InChI is InChI=1S/C25H35N5O2/c1-18(2)23(26-25(31)21-10-14-32-17-21)24-28-27-22-9-11-29(12-13-30(22)24)16-19(3)15-20-7-5-4-6-8-20/h4-8,15,18,21,23H,9-14,16-17H2,1-3H3,(H,26,31). The van der Waals surface area contributed by atoms with Gasteiger partial charge in [-0.3, -0.25) is 9.69 Å². The Bertz CT molecular complexity index is 931. The first-order valence-corrected chi connectivity index (χ1v) is 11.8. The molecule has 172 valence electrons. The molecule has 2 aliphatic rings. The fourth-order valence-corrected chi connectivity index (χ4v) is 4.55. The van der Waals surface area contributed by atoms with Crippen molar-refractivity contribution in [1.82, 2.24) is 25.0 Å². The number of carbonyl (C=O) groups is 1. The SMILES string of the molecule is CC(=Cc1ccccc1)CN1CCc2nnc(C(NC(=O)C3CCOC3)C(C)C)n2CC1. The number of carbonyl (C=O) groups excluding carboxylic acids is 1. The predicted molar refractivity (Wildman–Crippen MR) is 125 cm³/mol. The summed E-state index contributed by atoms with van der Waals surface area (Å²) in [4.78, 5) is 15.2. The lowest BCUT2D eigenvalue weighted by Gasteiger charge is -2.24. The lowest BCUT2D eigenvalue weighted by atomic mass is 10.0. The first kappa shape index (κ1) is 22.7. The van der Waals surface area contributed by atoms with Gasteiger partial charge in [-0.1, -0.05) is 55.8 Å². The second-order valence-corrected chi connectivity index (χ2v) is 9.34. The average molecular weight is 438 g/mol. The van der Waals surface area contributed by atoms with Crippen molar-refractivity contribution in [3.63, 3.8) is 0 Å². The minimum Gasteiger partial charge on any atom is -0.381 e. The molecule has 1 saturated heterocycles. The maximum Gasteiger partial charge on any atom is 0.226 e. The lowest BCUT2D eigenvalue weighted by Crippen LogP contribution is -2.38. The Morgan fingerprint density at radius 1 is 1.22 bits per heavy atom. The molecule has 0 spiro atoms. The normalized spacial score (nSPS) is 20.8. The highest BCUT2D eigenvalue weighted by Gasteiger charge is 2.31. The molecule has 2 atom stereocenters. The molecule has 1 fully saturated rings. The van der Waals surface area contributed by atoms with Gasteiger partial charge in [0.05, 0.1) is 18.6 Å². The fourth-order valence-electron chi connectivity index (χ4n) is 4.55. The third kappa shape index (κ3) is 5.45. The molecule has 0 radical (unpaired) electrons. The van der Waals surface area contributed by atoms with Gasteiger partial charge in [-0.05, 0) is 24.8 Å². The number of hydrogen-bond acceptors (Lipinski definition) is 5. The summed E-state index contributed by atoms with van der Waals surface area (Å²) in [6, 6.07) is 10.3. The van der Waals surface area contributed by atoms with E-state index in [1.807, 2.05) is 6.07 Å². The molecule has 2 unspecified atom stereocenters. The molecule has 1 aromatic heterocycles. The van der Waals surface area contributed by atoms with E-state index in [0.29, 0.717) is 13.2 Å². The van der Waals surface area contributed by atoms with Crippen molar-refractivity contribution in [1.29, 1.82) is 0 Å². The highest BCUT2D eigenvalue weighted by atomic mass is 16.5. The Morgan fingerprint density at radius 3 is 2.75 bits per heavy atom. The molecule has 7 heteroatoms. The Labute approximate surface area is 190 Å². The summed E-state index contributed by atoms with van der Waals surface area (Å²) in [5, 5.41) is 12.3. The van der Waals surface area contributed by atoms with Crippen LogP contribution in [0.1, 0.15) is 50.4 Å². The van der Waals surface area contributed by atoms with Crippen LogP contribution in [0.2, 0.25) is 0 Å². The van der Waals surface area contributed by atoms with Gasteiger partial charge in [0, 0.05) is 39.2 Å². The number of fused-ring (bicyclic) bond motifs is 1. The zero-order valence-corrected chi connectivity index (χ0v) is 19.5. The van der Waals surface area contributed by atoms with Crippen LogP contribution in [-0.4, -0.2) is 58.4 Å². The van der Waals surface area contributed by atoms with Gasteiger partial charge in [-0.25, -0.2) is 0 Å². The lowest BCUT2D eigenvalue weighted by molar-refractivity contribution is -0.126. The van der Waals surface area contributed by atoms with Crippen LogP contribution in [0.3, 0.4) is 0 Å². The van der Waals surface area contributed by atoms with Crippen LogP contribution >= 0.6 is 0 Å². The van der Waals surface area contributed by atoms with Crippen LogP contribution in [0.25, 0.3) is 6.08 Å². The van der Waals surface area contributed by atoms with E-state index in [2.05, 4.69) is 76.1 Å². The smallest absolute Gasteiger partial charge is 0.226 e. The second kappa shape index (κ2) is 10.4. The van der Waals surface area contributed by atoms with Gasteiger partial charge in [0.2, 0.25) is 5.91 Å². The van der Waals surface area contributed by atoms with Gasteiger partial charge in [0.1, 0.15) is 5.82 Å². The molecule has 1 amide bonds. The molecule has 7 nitrogen and oxygen atoms in total. The number of amides is 1. The molecule has 2 aromatic rings. The Morgan fingerprint density at radius 2 is 2.03 bits per heavy atom. The number of ether oxygens (including phenoxy) is 1. The number of rotatable bonds is 7. The highest BCUT2D eigenvalue weighted by molar-refractivity contribution is 5.79. The second-order valence-electron chi connectivity index (χ2n) is 9.34. The first-order chi connectivity index (χ1) is 15.5. The zero-order chi connectivity index (χ0) is 22.5. The minimum absolute atomic E-state index is 0.0577. The van der Waals surface area contributed by atoms with E-state index >= 15 is 0 Å². The van der Waals surface area contributed by atoms with Gasteiger partial charge in [-0.15, -0.1) is 10.2 Å². The molecule has 2 aliphatic heterocycles. The molecular weight excluding hydrogens is 402 g/mol. The van der Waals surface area contributed by atoms with Crippen molar-refractivity contribution < 1.29 is 9.53 Å². The van der Waals surface area contributed by atoms with Crippen molar-refractivity contribution in [2.24, 2.45) is 11.8 Å². The number of aromatic nitrogens is 3.